The van der Waals surface area contributed by atoms with E-state index in [2.05, 4.69) is 5.32 Å². The smallest absolute Gasteiger partial charge is 0.378 e. The standard InChI is InChI=1S/C14H14ClF3N2O3/c15-9-3-7(14(16,17)18)5-20(13(9)22)6-12(21)19-10-4-11-8(10)1-2-23-11/h3,5,8,10-11H,1-2,4,6H2,(H,19,21)/t8-,10+,11+/m1/s1. The monoisotopic (exact) mass is 350 g/mol. The summed E-state index contributed by atoms with van der Waals surface area (Å²) in [6.07, 6.45) is -2.33. The zero-order chi connectivity index (χ0) is 16.8. The van der Waals surface area contributed by atoms with Gasteiger partial charge in [0.15, 0.2) is 0 Å². The first kappa shape index (κ1) is 16.3. The first-order valence-corrected chi connectivity index (χ1v) is 7.51. The summed E-state index contributed by atoms with van der Waals surface area (Å²) in [4.78, 5) is 23.8. The fourth-order valence-corrected chi connectivity index (χ4v) is 3.27. The normalized spacial score (nSPS) is 26.5. The van der Waals surface area contributed by atoms with Crippen LogP contribution in [0.3, 0.4) is 0 Å². The Morgan fingerprint density at radius 2 is 2.22 bits per heavy atom. The third kappa shape index (κ3) is 3.23. The van der Waals surface area contributed by atoms with E-state index in [-0.39, 0.29) is 18.1 Å². The quantitative estimate of drug-likeness (QED) is 0.904. The Hall–Kier alpha value is -1.54. The van der Waals surface area contributed by atoms with Crippen molar-refractivity contribution in [3.05, 3.63) is 33.2 Å². The molecule has 23 heavy (non-hydrogen) atoms. The number of halogens is 4. The topological polar surface area (TPSA) is 60.3 Å². The van der Waals surface area contributed by atoms with Crippen molar-refractivity contribution in [3.8, 4) is 0 Å². The number of nitrogens with zero attached hydrogens (tertiary/aromatic N) is 1. The minimum absolute atomic E-state index is 0.0491. The summed E-state index contributed by atoms with van der Waals surface area (Å²) in [6, 6.07) is 0.511. The number of hydrogen-bond acceptors (Lipinski definition) is 3. The molecule has 1 saturated heterocycles. The van der Waals surface area contributed by atoms with Crippen LogP contribution in [0.5, 0.6) is 0 Å². The highest BCUT2D eigenvalue weighted by atomic mass is 35.5. The van der Waals surface area contributed by atoms with Crippen molar-refractivity contribution in [2.24, 2.45) is 5.92 Å². The Bertz CT molecular complexity index is 689. The Morgan fingerprint density at radius 1 is 1.48 bits per heavy atom. The number of carbonyl (C=O) groups excluding carboxylic acids is 1. The maximum atomic E-state index is 12.7. The van der Waals surface area contributed by atoms with Gasteiger partial charge in [0.05, 0.1) is 11.7 Å². The van der Waals surface area contributed by atoms with Crippen LogP contribution in [-0.2, 0) is 22.3 Å². The molecule has 2 aliphatic rings. The fourth-order valence-electron chi connectivity index (χ4n) is 3.04. The number of alkyl halides is 3. The molecule has 3 atom stereocenters. The van der Waals surface area contributed by atoms with Crippen LogP contribution < -0.4 is 10.9 Å². The van der Waals surface area contributed by atoms with E-state index >= 15 is 0 Å². The summed E-state index contributed by atoms with van der Waals surface area (Å²) in [5.74, 6) is -0.265. The van der Waals surface area contributed by atoms with E-state index in [1.54, 1.807) is 0 Å². The third-order valence-electron chi connectivity index (χ3n) is 4.29. The van der Waals surface area contributed by atoms with Crippen molar-refractivity contribution in [2.75, 3.05) is 6.61 Å². The zero-order valence-corrected chi connectivity index (χ0v) is 12.7. The molecule has 1 N–H and O–H groups in total. The Kier molecular flexibility index (Phi) is 4.14. The van der Waals surface area contributed by atoms with Crippen LogP contribution in [0.15, 0.2) is 17.1 Å². The second kappa shape index (κ2) is 5.83. The predicted octanol–water partition coefficient (Wildman–Crippen LogP) is 1.81. The van der Waals surface area contributed by atoms with Gasteiger partial charge in [0.2, 0.25) is 5.91 Å². The minimum atomic E-state index is -4.64. The van der Waals surface area contributed by atoms with Gasteiger partial charge in [-0.25, -0.2) is 0 Å². The summed E-state index contributed by atoms with van der Waals surface area (Å²) in [5.41, 5.74) is -1.90. The summed E-state index contributed by atoms with van der Waals surface area (Å²) in [5, 5.41) is 2.17. The molecular formula is C14H14ClF3N2O3. The molecule has 0 aromatic carbocycles. The lowest BCUT2D eigenvalue weighted by atomic mass is 9.76. The summed E-state index contributed by atoms with van der Waals surface area (Å²) >= 11 is 5.54. The largest absolute Gasteiger partial charge is 0.417 e. The second-order valence-electron chi connectivity index (χ2n) is 5.78. The van der Waals surface area contributed by atoms with Gasteiger partial charge >= 0.3 is 6.18 Å². The number of carbonyl (C=O) groups is 1. The molecule has 1 aromatic heterocycles. The molecule has 126 valence electrons. The van der Waals surface area contributed by atoms with Crippen LogP contribution in [0.4, 0.5) is 13.2 Å². The van der Waals surface area contributed by atoms with Gasteiger partial charge in [-0.1, -0.05) is 11.6 Å². The van der Waals surface area contributed by atoms with E-state index in [0.29, 0.717) is 29.9 Å². The molecule has 0 radical (unpaired) electrons. The Balaban J connectivity index is 1.70. The second-order valence-corrected chi connectivity index (χ2v) is 6.19. The van der Waals surface area contributed by atoms with E-state index in [1.165, 1.54) is 0 Å². The lowest BCUT2D eigenvalue weighted by Crippen LogP contribution is -2.54. The third-order valence-corrected chi connectivity index (χ3v) is 4.56. The molecule has 2 heterocycles. The molecule has 1 aliphatic carbocycles. The zero-order valence-electron chi connectivity index (χ0n) is 11.9. The average molecular weight is 351 g/mol. The van der Waals surface area contributed by atoms with Crippen molar-refractivity contribution in [3.63, 3.8) is 0 Å². The molecule has 3 rings (SSSR count). The van der Waals surface area contributed by atoms with Gasteiger partial charge < -0.3 is 14.6 Å². The molecule has 1 amide bonds. The molecule has 9 heteroatoms. The van der Waals surface area contributed by atoms with E-state index < -0.39 is 34.8 Å². The number of nitrogens with one attached hydrogen (secondary N) is 1. The molecule has 0 spiro atoms. The number of ether oxygens (including phenoxy) is 1. The minimum Gasteiger partial charge on any atom is -0.378 e. The van der Waals surface area contributed by atoms with Gasteiger partial charge in [0.25, 0.3) is 5.56 Å². The van der Waals surface area contributed by atoms with Gasteiger partial charge in [-0.3, -0.25) is 9.59 Å². The molecule has 1 aromatic rings. The van der Waals surface area contributed by atoms with Gasteiger partial charge in [-0.15, -0.1) is 0 Å². The molecule has 0 unspecified atom stereocenters. The summed E-state index contributed by atoms with van der Waals surface area (Å²) in [7, 11) is 0. The number of hydrogen-bond donors (Lipinski definition) is 1. The van der Waals surface area contributed by atoms with Crippen molar-refractivity contribution < 1.29 is 22.7 Å². The predicted molar refractivity (Wildman–Crippen MR) is 75.1 cm³/mol. The van der Waals surface area contributed by atoms with Gasteiger partial charge in [0, 0.05) is 24.8 Å². The van der Waals surface area contributed by atoms with E-state index in [4.69, 9.17) is 16.3 Å². The highest BCUT2D eigenvalue weighted by Gasteiger charge is 2.45. The van der Waals surface area contributed by atoms with Crippen LogP contribution in [0.25, 0.3) is 0 Å². The number of fused-ring (bicyclic) bond motifs is 1. The van der Waals surface area contributed by atoms with Crippen molar-refractivity contribution in [2.45, 2.75) is 37.7 Å². The SMILES string of the molecule is O=C(Cn1cc(C(F)(F)F)cc(Cl)c1=O)N[C@H]1C[C@@H]2OCC[C@H]12. The van der Waals surface area contributed by atoms with E-state index in [9.17, 15) is 22.8 Å². The Labute approximate surface area is 134 Å². The lowest BCUT2D eigenvalue weighted by molar-refractivity contribution is -0.138. The number of aromatic nitrogens is 1. The van der Waals surface area contributed by atoms with Crippen LogP contribution in [-0.4, -0.2) is 29.2 Å². The van der Waals surface area contributed by atoms with Crippen molar-refractivity contribution >= 4 is 17.5 Å². The van der Waals surface area contributed by atoms with Gasteiger partial charge in [0.1, 0.15) is 11.6 Å². The molecule has 1 aliphatic heterocycles. The highest BCUT2D eigenvalue weighted by Crippen LogP contribution is 2.38. The molecule has 1 saturated carbocycles. The van der Waals surface area contributed by atoms with E-state index in [0.717, 1.165) is 6.42 Å². The Morgan fingerprint density at radius 3 is 2.87 bits per heavy atom. The highest BCUT2D eigenvalue weighted by molar-refractivity contribution is 6.30. The summed E-state index contributed by atoms with van der Waals surface area (Å²) in [6.45, 7) is 0.154. The van der Waals surface area contributed by atoms with Crippen molar-refractivity contribution in [1.29, 1.82) is 0 Å². The van der Waals surface area contributed by atoms with E-state index in [1.807, 2.05) is 0 Å². The fraction of sp³-hybridized carbons (Fsp3) is 0.571. The van der Waals surface area contributed by atoms with Crippen molar-refractivity contribution in [1.82, 2.24) is 9.88 Å². The maximum Gasteiger partial charge on any atom is 0.417 e. The van der Waals surface area contributed by atoms with Gasteiger partial charge in [-0.2, -0.15) is 13.2 Å². The number of pyridine rings is 1. The van der Waals surface area contributed by atoms with Crippen LogP contribution in [0.1, 0.15) is 18.4 Å². The first-order chi connectivity index (χ1) is 10.8. The van der Waals surface area contributed by atoms with Crippen LogP contribution in [0.2, 0.25) is 5.02 Å². The molecule has 0 bridgehead atoms. The number of rotatable bonds is 3. The molecule has 5 nitrogen and oxygen atoms in total. The van der Waals surface area contributed by atoms with Crippen LogP contribution in [0, 0.1) is 5.92 Å². The van der Waals surface area contributed by atoms with Gasteiger partial charge in [-0.05, 0) is 18.9 Å². The lowest BCUT2D eigenvalue weighted by Gasteiger charge is -2.39. The first-order valence-electron chi connectivity index (χ1n) is 7.14. The number of amides is 1. The summed E-state index contributed by atoms with van der Waals surface area (Å²) < 4.78 is 44.4. The molecule has 2 fully saturated rings. The molecular weight excluding hydrogens is 337 g/mol. The average Bonchev–Trinajstić information content (AvgIpc) is 2.81. The van der Waals surface area contributed by atoms with Crippen LogP contribution >= 0.6 is 11.6 Å². The maximum absolute atomic E-state index is 12.7.